The average Bonchev–Trinajstić information content (AvgIpc) is 2.65. The summed E-state index contributed by atoms with van der Waals surface area (Å²) < 4.78 is 12.1. The molecule has 0 fully saturated rings. The Bertz CT molecular complexity index is 644. The van der Waals surface area contributed by atoms with Crippen molar-refractivity contribution in [2.45, 2.75) is 17.7 Å². The normalized spacial score (nSPS) is 12.6. The van der Waals surface area contributed by atoms with Gasteiger partial charge in [-0.1, -0.05) is 48.5 Å². The van der Waals surface area contributed by atoms with E-state index in [9.17, 15) is 4.21 Å². The number of hydrogen-bond acceptors (Lipinski definition) is 2. The predicted molar refractivity (Wildman–Crippen MR) is 102 cm³/mol. The van der Waals surface area contributed by atoms with E-state index in [-0.39, 0.29) is 0 Å². The summed E-state index contributed by atoms with van der Waals surface area (Å²) in [6.07, 6.45) is 2.09. The number of benzene rings is 2. The number of nitrogens with zero attached hydrogens (tertiary/aromatic N) is 1. The number of guanidine groups is 1. The van der Waals surface area contributed by atoms with Crippen LogP contribution in [-0.4, -0.2) is 36.1 Å². The van der Waals surface area contributed by atoms with Gasteiger partial charge >= 0.3 is 0 Å². The van der Waals surface area contributed by atoms with Crippen LogP contribution < -0.4 is 10.6 Å². The Morgan fingerprint density at radius 3 is 2.25 bits per heavy atom. The highest BCUT2D eigenvalue weighted by Crippen LogP contribution is 2.04. The maximum absolute atomic E-state index is 12.1. The molecule has 0 aromatic heterocycles. The minimum atomic E-state index is -0.979. The molecule has 128 valence electrons. The van der Waals surface area contributed by atoms with Gasteiger partial charge < -0.3 is 10.6 Å². The number of nitrogens with one attached hydrogen (secondary N) is 2. The van der Waals surface area contributed by atoms with E-state index in [1.165, 1.54) is 5.56 Å². The fourth-order valence-electron chi connectivity index (χ4n) is 2.32. The summed E-state index contributed by atoms with van der Waals surface area (Å²) in [6, 6.07) is 20.0. The van der Waals surface area contributed by atoms with Gasteiger partial charge in [-0.25, -0.2) is 0 Å². The van der Waals surface area contributed by atoms with Crippen LogP contribution in [0.3, 0.4) is 0 Å². The molecule has 0 aliphatic heterocycles. The van der Waals surface area contributed by atoms with E-state index in [0.717, 1.165) is 30.2 Å². The summed E-state index contributed by atoms with van der Waals surface area (Å²) >= 11 is 0. The second-order valence-corrected chi connectivity index (χ2v) is 6.95. The van der Waals surface area contributed by atoms with Gasteiger partial charge in [-0.2, -0.15) is 0 Å². The lowest BCUT2D eigenvalue weighted by molar-refractivity contribution is 0.681. The van der Waals surface area contributed by atoms with Crippen molar-refractivity contribution in [3.8, 4) is 0 Å². The van der Waals surface area contributed by atoms with Crippen LogP contribution in [0.15, 0.2) is 70.6 Å². The van der Waals surface area contributed by atoms with Gasteiger partial charge in [-0.3, -0.25) is 9.20 Å². The molecule has 2 N–H and O–H groups in total. The number of hydrogen-bond donors (Lipinski definition) is 2. The molecule has 24 heavy (non-hydrogen) atoms. The van der Waals surface area contributed by atoms with Crippen molar-refractivity contribution in [1.29, 1.82) is 0 Å². The molecule has 0 radical (unpaired) electrons. The SMILES string of the molecule is CN=C(NCCCc1ccccc1)NCCS(=O)c1ccccc1. The first-order valence-corrected chi connectivity index (χ1v) is 9.53. The maximum Gasteiger partial charge on any atom is 0.191 e. The zero-order valence-corrected chi connectivity index (χ0v) is 14.9. The van der Waals surface area contributed by atoms with Crippen LogP contribution in [-0.2, 0) is 17.2 Å². The molecular weight excluding hydrogens is 318 g/mol. The second-order valence-electron chi connectivity index (χ2n) is 5.38. The first-order chi connectivity index (χ1) is 11.8. The monoisotopic (exact) mass is 343 g/mol. The fraction of sp³-hybridized carbons (Fsp3) is 0.316. The predicted octanol–water partition coefficient (Wildman–Crippen LogP) is 2.59. The molecular formula is C19H25N3OS. The van der Waals surface area contributed by atoms with Gasteiger partial charge in [0.1, 0.15) is 0 Å². The van der Waals surface area contributed by atoms with Crippen molar-refractivity contribution in [3.63, 3.8) is 0 Å². The van der Waals surface area contributed by atoms with Crippen LogP contribution in [0.2, 0.25) is 0 Å². The molecule has 0 saturated heterocycles. The van der Waals surface area contributed by atoms with Crippen molar-refractivity contribution in [2.75, 3.05) is 25.9 Å². The van der Waals surface area contributed by atoms with Crippen LogP contribution in [0.4, 0.5) is 0 Å². The molecule has 1 unspecified atom stereocenters. The zero-order valence-electron chi connectivity index (χ0n) is 14.1. The van der Waals surface area contributed by atoms with Gasteiger partial charge in [0.25, 0.3) is 0 Å². The van der Waals surface area contributed by atoms with Gasteiger partial charge in [0.15, 0.2) is 5.96 Å². The highest BCUT2D eigenvalue weighted by molar-refractivity contribution is 7.85. The van der Waals surface area contributed by atoms with Gasteiger partial charge in [0, 0.05) is 30.8 Å². The third-order valence-electron chi connectivity index (χ3n) is 3.59. The van der Waals surface area contributed by atoms with Crippen molar-refractivity contribution >= 4 is 16.8 Å². The molecule has 2 aromatic carbocycles. The highest BCUT2D eigenvalue weighted by Gasteiger charge is 2.03. The quantitative estimate of drug-likeness (QED) is 0.440. The Kier molecular flexibility index (Phi) is 8.04. The Balaban J connectivity index is 1.63. The molecule has 0 heterocycles. The molecule has 0 bridgehead atoms. The Labute approximate surface area is 146 Å². The standard InChI is InChI=1S/C19H25N3OS/c1-20-19(21-14-8-11-17-9-4-2-5-10-17)22-15-16-24(23)18-12-6-3-7-13-18/h2-7,9-10,12-13H,8,11,14-16H2,1H3,(H2,20,21,22). The van der Waals surface area contributed by atoms with Gasteiger partial charge in [0.05, 0.1) is 10.8 Å². The van der Waals surface area contributed by atoms with E-state index < -0.39 is 10.8 Å². The van der Waals surface area contributed by atoms with Crippen LogP contribution in [0, 0.1) is 0 Å². The fourth-order valence-corrected chi connectivity index (χ4v) is 3.30. The van der Waals surface area contributed by atoms with Gasteiger partial charge in [-0.05, 0) is 30.5 Å². The number of aliphatic imine (C=N–C) groups is 1. The maximum atomic E-state index is 12.1. The summed E-state index contributed by atoms with van der Waals surface area (Å²) in [5, 5.41) is 6.51. The summed E-state index contributed by atoms with van der Waals surface area (Å²) in [5.74, 6) is 1.32. The zero-order chi connectivity index (χ0) is 17.0. The summed E-state index contributed by atoms with van der Waals surface area (Å²) in [7, 11) is 0.771. The lowest BCUT2D eigenvalue weighted by Gasteiger charge is -2.11. The van der Waals surface area contributed by atoms with Crippen LogP contribution in [0.1, 0.15) is 12.0 Å². The molecule has 0 spiro atoms. The van der Waals surface area contributed by atoms with E-state index in [1.54, 1.807) is 7.05 Å². The smallest absolute Gasteiger partial charge is 0.191 e. The lowest BCUT2D eigenvalue weighted by atomic mass is 10.1. The Hall–Kier alpha value is -2.14. The van der Waals surface area contributed by atoms with E-state index in [2.05, 4.69) is 39.9 Å². The third kappa shape index (κ3) is 6.54. The molecule has 0 aliphatic carbocycles. The Morgan fingerprint density at radius 1 is 0.958 bits per heavy atom. The van der Waals surface area contributed by atoms with E-state index in [1.807, 2.05) is 36.4 Å². The molecule has 1 atom stereocenters. The van der Waals surface area contributed by atoms with Crippen molar-refractivity contribution in [3.05, 3.63) is 66.2 Å². The molecule has 0 amide bonds. The van der Waals surface area contributed by atoms with Crippen LogP contribution >= 0.6 is 0 Å². The van der Waals surface area contributed by atoms with Gasteiger partial charge in [0.2, 0.25) is 0 Å². The minimum Gasteiger partial charge on any atom is -0.356 e. The molecule has 0 aliphatic rings. The van der Waals surface area contributed by atoms with E-state index in [0.29, 0.717) is 12.3 Å². The highest BCUT2D eigenvalue weighted by atomic mass is 32.2. The van der Waals surface area contributed by atoms with Crippen molar-refractivity contribution < 1.29 is 4.21 Å². The molecule has 2 rings (SSSR count). The second kappa shape index (κ2) is 10.6. The molecule has 2 aromatic rings. The van der Waals surface area contributed by atoms with E-state index in [4.69, 9.17) is 0 Å². The lowest BCUT2D eigenvalue weighted by Crippen LogP contribution is -2.39. The van der Waals surface area contributed by atoms with Crippen LogP contribution in [0.25, 0.3) is 0 Å². The number of aryl methyl sites for hydroxylation is 1. The third-order valence-corrected chi connectivity index (χ3v) is 4.96. The summed E-state index contributed by atoms with van der Waals surface area (Å²) in [5.41, 5.74) is 1.35. The number of rotatable bonds is 8. The van der Waals surface area contributed by atoms with Gasteiger partial charge in [-0.15, -0.1) is 0 Å². The summed E-state index contributed by atoms with van der Waals surface area (Å²) in [4.78, 5) is 5.06. The van der Waals surface area contributed by atoms with Crippen LogP contribution in [0.5, 0.6) is 0 Å². The Morgan fingerprint density at radius 2 is 1.58 bits per heavy atom. The summed E-state index contributed by atoms with van der Waals surface area (Å²) in [6.45, 7) is 1.48. The molecule has 5 heteroatoms. The minimum absolute atomic E-state index is 0.564. The average molecular weight is 343 g/mol. The molecule has 4 nitrogen and oxygen atoms in total. The first kappa shape index (κ1) is 18.2. The topological polar surface area (TPSA) is 53.5 Å². The van der Waals surface area contributed by atoms with Crippen molar-refractivity contribution in [1.82, 2.24) is 10.6 Å². The largest absolute Gasteiger partial charge is 0.356 e. The molecule has 0 saturated carbocycles. The van der Waals surface area contributed by atoms with E-state index >= 15 is 0 Å². The first-order valence-electron chi connectivity index (χ1n) is 8.21. The van der Waals surface area contributed by atoms with Crippen molar-refractivity contribution in [2.24, 2.45) is 4.99 Å².